The van der Waals surface area contributed by atoms with Crippen molar-refractivity contribution in [3.63, 3.8) is 0 Å². The summed E-state index contributed by atoms with van der Waals surface area (Å²) in [4.78, 5) is 10.0. The number of hydrogen-bond donors (Lipinski definition) is 0. The summed E-state index contributed by atoms with van der Waals surface area (Å²) in [6, 6.07) is 6.14. The number of benzene rings is 1. The number of aryl methyl sites for hydroxylation is 1. The topological polar surface area (TPSA) is 27.7 Å². The van der Waals surface area contributed by atoms with Gasteiger partial charge < -0.3 is 4.74 Å². The third kappa shape index (κ3) is 1.01. The van der Waals surface area contributed by atoms with Gasteiger partial charge in [0, 0.05) is 12.0 Å². The van der Waals surface area contributed by atoms with Crippen LogP contribution in [0, 0.1) is 6.92 Å². The molecule has 1 saturated heterocycles. The molecule has 0 unspecified atom stereocenters. The molecule has 0 aromatic heterocycles. The summed E-state index contributed by atoms with van der Waals surface area (Å²) in [6.45, 7) is 2.10. The van der Waals surface area contributed by atoms with E-state index in [1.165, 1.54) is 11.1 Å². The van der Waals surface area contributed by atoms with E-state index < -0.39 is 0 Å². The van der Waals surface area contributed by atoms with Crippen LogP contribution in [0.3, 0.4) is 0 Å². The molecule has 0 saturated carbocycles. The molecule has 0 aliphatic carbocycles. The van der Waals surface area contributed by atoms with Gasteiger partial charge in [0.15, 0.2) is 6.29 Å². The van der Waals surface area contributed by atoms with Crippen molar-refractivity contribution in [3.05, 3.63) is 34.9 Å². The summed E-state index contributed by atoms with van der Waals surface area (Å²) in [5.41, 5.74) is 3.69. The molecule has 2 aliphatic heterocycles. The van der Waals surface area contributed by atoms with Crippen LogP contribution >= 0.6 is 0 Å². The molecule has 0 amide bonds. The first-order valence-electron chi connectivity index (χ1n) is 4.40. The molecule has 68 valence electrons. The van der Waals surface area contributed by atoms with E-state index in [4.69, 9.17) is 14.5 Å². The second-order valence-electron chi connectivity index (χ2n) is 3.44. The van der Waals surface area contributed by atoms with Gasteiger partial charge in [-0.25, -0.2) is 4.89 Å². The van der Waals surface area contributed by atoms with Crippen molar-refractivity contribution in [2.75, 3.05) is 0 Å². The van der Waals surface area contributed by atoms with Crippen molar-refractivity contribution >= 4 is 0 Å². The van der Waals surface area contributed by atoms with Crippen LogP contribution in [0.2, 0.25) is 0 Å². The molecular weight excluding hydrogens is 168 g/mol. The van der Waals surface area contributed by atoms with E-state index in [1.54, 1.807) is 0 Å². The lowest BCUT2D eigenvalue weighted by Crippen LogP contribution is -2.19. The summed E-state index contributed by atoms with van der Waals surface area (Å²) < 4.78 is 5.43. The summed E-state index contributed by atoms with van der Waals surface area (Å²) in [5, 5.41) is 0. The zero-order chi connectivity index (χ0) is 8.84. The molecule has 0 radical (unpaired) electrons. The number of ether oxygens (including phenoxy) is 1. The quantitative estimate of drug-likeness (QED) is 0.567. The van der Waals surface area contributed by atoms with Crippen LogP contribution in [0.4, 0.5) is 0 Å². The zero-order valence-corrected chi connectivity index (χ0v) is 7.32. The molecule has 3 heteroatoms. The maximum atomic E-state index is 5.43. The van der Waals surface area contributed by atoms with Crippen molar-refractivity contribution in [1.82, 2.24) is 0 Å². The van der Waals surface area contributed by atoms with Gasteiger partial charge in [0.1, 0.15) is 0 Å². The Hall–Kier alpha value is -0.900. The molecule has 2 heterocycles. The highest BCUT2D eigenvalue weighted by Gasteiger charge is 2.36. The van der Waals surface area contributed by atoms with Crippen LogP contribution < -0.4 is 0 Å². The van der Waals surface area contributed by atoms with Crippen molar-refractivity contribution in [3.8, 4) is 0 Å². The normalized spacial score (nSPS) is 30.2. The van der Waals surface area contributed by atoms with Crippen LogP contribution in [0.1, 0.15) is 23.0 Å². The third-order valence-corrected chi connectivity index (χ3v) is 2.60. The van der Waals surface area contributed by atoms with E-state index in [0.29, 0.717) is 0 Å². The third-order valence-electron chi connectivity index (χ3n) is 2.60. The first kappa shape index (κ1) is 7.50. The molecule has 13 heavy (non-hydrogen) atoms. The molecule has 2 bridgehead atoms. The second kappa shape index (κ2) is 2.54. The van der Waals surface area contributed by atoms with Crippen molar-refractivity contribution in [2.45, 2.75) is 25.9 Å². The van der Waals surface area contributed by atoms with Gasteiger partial charge in [-0.1, -0.05) is 18.2 Å². The fraction of sp³-hybridized carbons (Fsp3) is 0.400. The Morgan fingerprint density at radius 1 is 1.31 bits per heavy atom. The van der Waals surface area contributed by atoms with E-state index in [2.05, 4.69) is 13.0 Å². The van der Waals surface area contributed by atoms with Gasteiger partial charge in [0.2, 0.25) is 6.29 Å². The van der Waals surface area contributed by atoms with Gasteiger partial charge in [-0.3, -0.25) is 0 Å². The predicted octanol–water partition coefficient (Wildman–Crippen LogP) is 1.85. The van der Waals surface area contributed by atoms with E-state index >= 15 is 0 Å². The maximum absolute atomic E-state index is 5.43. The maximum Gasteiger partial charge on any atom is 0.220 e. The molecule has 1 aromatic carbocycles. The predicted molar refractivity (Wildman–Crippen MR) is 44.7 cm³/mol. The van der Waals surface area contributed by atoms with Crippen molar-refractivity contribution in [2.24, 2.45) is 0 Å². The molecular formula is C10H10O3. The van der Waals surface area contributed by atoms with Crippen molar-refractivity contribution < 1.29 is 14.5 Å². The Morgan fingerprint density at radius 3 is 3.15 bits per heavy atom. The van der Waals surface area contributed by atoms with E-state index in [-0.39, 0.29) is 12.6 Å². The Balaban J connectivity index is 2.16. The fourth-order valence-corrected chi connectivity index (χ4v) is 1.89. The standard InChI is InChI=1S/C10H10O3/c1-6-3-2-4-7-8(6)5-9-11-10(7)13-12-9/h2-4,9-10H,5H2,1H3/t9-,10+/m1/s1. The number of fused-ring (bicyclic) bond motifs is 4. The Kier molecular flexibility index (Phi) is 1.47. The highest BCUT2D eigenvalue weighted by atomic mass is 17.3. The summed E-state index contributed by atoms with van der Waals surface area (Å²) in [5.74, 6) is 0. The average molecular weight is 178 g/mol. The van der Waals surface area contributed by atoms with Gasteiger partial charge in [-0.15, -0.1) is 0 Å². The van der Waals surface area contributed by atoms with E-state index in [1.807, 2.05) is 12.1 Å². The fourth-order valence-electron chi connectivity index (χ4n) is 1.89. The van der Waals surface area contributed by atoms with Gasteiger partial charge in [-0.2, -0.15) is 4.89 Å². The Morgan fingerprint density at radius 2 is 2.23 bits per heavy atom. The molecule has 0 N–H and O–H groups in total. The molecule has 2 aliphatic rings. The van der Waals surface area contributed by atoms with Gasteiger partial charge in [0.05, 0.1) is 0 Å². The monoisotopic (exact) mass is 178 g/mol. The highest BCUT2D eigenvalue weighted by Crippen LogP contribution is 2.38. The van der Waals surface area contributed by atoms with Gasteiger partial charge >= 0.3 is 0 Å². The summed E-state index contributed by atoms with van der Waals surface area (Å²) >= 11 is 0. The highest BCUT2D eigenvalue weighted by molar-refractivity contribution is 5.37. The van der Waals surface area contributed by atoms with E-state index in [9.17, 15) is 0 Å². The zero-order valence-electron chi connectivity index (χ0n) is 7.32. The lowest BCUT2D eigenvalue weighted by molar-refractivity contribution is -0.295. The van der Waals surface area contributed by atoms with Crippen LogP contribution in [-0.2, 0) is 20.9 Å². The van der Waals surface area contributed by atoms with Crippen molar-refractivity contribution in [1.29, 1.82) is 0 Å². The second-order valence-corrected chi connectivity index (χ2v) is 3.44. The molecule has 1 aromatic rings. The van der Waals surface area contributed by atoms with Crippen LogP contribution in [0.15, 0.2) is 18.2 Å². The smallest absolute Gasteiger partial charge is 0.220 e. The molecule has 3 nitrogen and oxygen atoms in total. The Bertz CT molecular complexity index is 348. The average Bonchev–Trinajstić information content (AvgIpc) is 2.51. The van der Waals surface area contributed by atoms with Gasteiger partial charge in [0.25, 0.3) is 0 Å². The largest absolute Gasteiger partial charge is 0.313 e. The van der Waals surface area contributed by atoms with Gasteiger partial charge in [-0.05, 0) is 18.1 Å². The molecule has 2 atom stereocenters. The summed E-state index contributed by atoms with van der Waals surface area (Å²) in [6.07, 6.45) is 0.269. The Labute approximate surface area is 76.1 Å². The van der Waals surface area contributed by atoms with Crippen LogP contribution in [-0.4, -0.2) is 6.29 Å². The lowest BCUT2D eigenvalue weighted by Gasteiger charge is -2.20. The molecule has 1 fully saturated rings. The summed E-state index contributed by atoms with van der Waals surface area (Å²) in [7, 11) is 0. The lowest BCUT2D eigenvalue weighted by atomic mass is 9.97. The molecule has 3 rings (SSSR count). The number of hydrogen-bond acceptors (Lipinski definition) is 3. The van der Waals surface area contributed by atoms with Crippen LogP contribution in [0.25, 0.3) is 0 Å². The first-order chi connectivity index (χ1) is 6.34. The minimum atomic E-state index is -0.311. The minimum Gasteiger partial charge on any atom is -0.313 e. The van der Waals surface area contributed by atoms with E-state index in [0.717, 1.165) is 12.0 Å². The number of rotatable bonds is 0. The first-order valence-corrected chi connectivity index (χ1v) is 4.40. The SMILES string of the molecule is Cc1cccc2c1C[C@H]1OO[C@@H]2O1. The molecule has 0 spiro atoms. The van der Waals surface area contributed by atoms with Crippen LogP contribution in [0.5, 0.6) is 0 Å². The minimum absolute atomic E-state index is 0.210.